The number of carbonyl (C=O) groups excluding carboxylic acids is 2. The van der Waals surface area contributed by atoms with Gasteiger partial charge >= 0.3 is 0 Å². The third kappa shape index (κ3) is 3.08. The Bertz CT molecular complexity index is 867. The third-order valence-corrected chi connectivity index (χ3v) is 17.2. The molecule has 4 fully saturated rings. The van der Waals surface area contributed by atoms with Crippen LogP contribution in [0.4, 0.5) is 0 Å². The van der Waals surface area contributed by atoms with Crippen molar-refractivity contribution in [2.24, 2.45) is 34.5 Å². The van der Waals surface area contributed by atoms with Crippen molar-refractivity contribution in [3.8, 4) is 0 Å². The second-order valence-corrected chi connectivity index (χ2v) is 19.1. The van der Waals surface area contributed by atoms with Gasteiger partial charge in [0.05, 0.1) is 5.60 Å². The Morgan fingerprint density at radius 1 is 1.00 bits per heavy atom. The zero-order valence-electron chi connectivity index (χ0n) is 23.3. The van der Waals surface area contributed by atoms with Crippen molar-refractivity contribution in [1.29, 1.82) is 0 Å². The highest BCUT2D eigenvalue weighted by Crippen LogP contribution is 2.72. The lowest BCUT2D eigenvalue weighted by molar-refractivity contribution is -0.168. The standard InChI is InChI=1S/C29H48O4Si/c1-16(2)34(17(3)4,18(5)6)33-21-13-22-24-23(27(24,9)10)12-20(8)29(26(22)31)25(30)19(7)14-28(29,15-21)32-11/h16-18,20-24H,7,12-15H2,1-6,8-11H3/t20-,21+,22+,23-,24+,28-,29-/m1/s1. The smallest absolute Gasteiger partial charge is 0.200 e. The third-order valence-electron chi connectivity index (χ3n) is 11.1. The fraction of sp³-hybridized carbons (Fsp3) is 0.862. The Balaban J connectivity index is 1.88. The second-order valence-electron chi connectivity index (χ2n) is 13.7. The van der Waals surface area contributed by atoms with E-state index < -0.39 is 19.3 Å². The lowest BCUT2D eigenvalue weighted by atomic mass is 9.59. The van der Waals surface area contributed by atoms with E-state index in [1.54, 1.807) is 7.11 Å². The van der Waals surface area contributed by atoms with Crippen LogP contribution in [0.25, 0.3) is 0 Å². The van der Waals surface area contributed by atoms with Crippen LogP contribution in [0.2, 0.25) is 16.6 Å². The van der Waals surface area contributed by atoms with E-state index in [9.17, 15) is 9.59 Å². The van der Waals surface area contributed by atoms with Crippen LogP contribution in [0.3, 0.4) is 0 Å². The van der Waals surface area contributed by atoms with Crippen molar-refractivity contribution < 1.29 is 18.8 Å². The number of hydrogen-bond acceptors (Lipinski definition) is 4. The van der Waals surface area contributed by atoms with E-state index in [2.05, 4.69) is 68.9 Å². The molecular formula is C29H48O4Si. The number of fused-ring (bicyclic) bond motifs is 3. The van der Waals surface area contributed by atoms with Crippen LogP contribution in [-0.2, 0) is 18.8 Å². The summed E-state index contributed by atoms with van der Waals surface area (Å²) in [4.78, 5) is 28.6. The number of hydrogen-bond donors (Lipinski definition) is 0. The second kappa shape index (κ2) is 8.11. The van der Waals surface area contributed by atoms with Crippen LogP contribution < -0.4 is 0 Å². The summed E-state index contributed by atoms with van der Waals surface area (Å²) < 4.78 is 13.7. The summed E-state index contributed by atoms with van der Waals surface area (Å²) >= 11 is 0. The molecule has 2 bridgehead atoms. The molecule has 5 heteroatoms. The molecule has 34 heavy (non-hydrogen) atoms. The fourth-order valence-corrected chi connectivity index (χ4v) is 15.2. The number of Topliss-reactive ketones (excluding diaryl/α,β-unsaturated/α-hetero) is 2. The van der Waals surface area contributed by atoms with Crippen LogP contribution in [-0.4, -0.2) is 38.7 Å². The van der Waals surface area contributed by atoms with Gasteiger partial charge in [0.25, 0.3) is 0 Å². The number of carbonyl (C=O) groups is 2. The lowest BCUT2D eigenvalue weighted by Crippen LogP contribution is -2.59. The summed E-state index contributed by atoms with van der Waals surface area (Å²) in [5.41, 5.74) is 0.144. The van der Waals surface area contributed by atoms with Crippen LogP contribution >= 0.6 is 0 Å². The highest BCUT2D eigenvalue weighted by Gasteiger charge is 2.77. The first-order valence-electron chi connectivity index (χ1n) is 13.6. The molecule has 4 aliphatic carbocycles. The molecule has 0 amide bonds. The van der Waals surface area contributed by atoms with Crippen molar-refractivity contribution >= 4 is 19.9 Å². The Labute approximate surface area is 208 Å². The van der Waals surface area contributed by atoms with Gasteiger partial charge < -0.3 is 9.16 Å². The van der Waals surface area contributed by atoms with Crippen LogP contribution in [0.15, 0.2) is 12.2 Å². The first-order chi connectivity index (χ1) is 15.6. The molecule has 0 N–H and O–H groups in total. The number of ether oxygens (including phenoxy) is 1. The summed E-state index contributed by atoms with van der Waals surface area (Å²) in [6.45, 7) is 24.8. The summed E-state index contributed by atoms with van der Waals surface area (Å²) in [5, 5.41) is 0. The van der Waals surface area contributed by atoms with Gasteiger partial charge in [-0.25, -0.2) is 0 Å². The van der Waals surface area contributed by atoms with Crippen molar-refractivity contribution in [3.63, 3.8) is 0 Å². The van der Waals surface area contributed by atoms with E-state index in [0.717, 1.165) is 12.8 Å². The molecule has 0 aromatic carbocycles. The minimum absolute atomic E-state index is 0.0447. The van der Waals surface area contributed by atoms with E-state index in [4.69, 9.17) is 9.16 Å². The molecule has 0 heterocycles. The Morgan fingerprint density at radius 3 is 2.06 bits per heavy atom. The van der Waals surface area contributed by atoms with Crippen molar-refractivity contribution in [3.05, 3.63) is 12.2 Å². The first-order valence-corrected chi connectivity index (χ1v) is 15.8. The molecule has 4 aliphatic rings. The van der Waals surface area contributed by atoms with E-state index in [1.165, 1.54) is 0 Å². The van der Waals surface area contributed by atoms with E-state index in [1.807, 2.05) is 0 Å². The lowest BCUT2D eigenvalue weighted by Gasteiger charge is -2.48. The topological polar surface area (TPSA) is 52.6 Å². The van der Waals surface area contributed by atoms with Crippen LogP contribution in [0, 0.1) is 34.5 Å². The van der Waals surface area contributed by atoms with Gasteiger partial charge in [0.15, 0.2) is 11.6 Å². The summed E-state index contributed by atoms with van der Waals surface area (Å²) in [5.74, 6) is 0.716. The van der Waals surface area contributed by atoms with Gasteiger partial charge in [-0.15, -0.1) is 0 Å². The van der Waals surface area contributed by atoms with Crippen LogP contribution in [0.5, 0.6) is 0 Å². The highest BCUT2D eigenvalue weighted by atomic mass is 28.4. The Morgan fingerprint density at radius 2 is 1.56 bits per heavy atom. The van der Waals surface area contributed by atoms with Gasteiger partial charge in [0, 0.05) is 32.0 Å². The highest BCUT2D eigenvalue weighted by molar-refractivity contribution is 6.77. The van der Waals surface area contributed by atoms with Gasteiger partial charge in [-0.3, -0.25) is 9.59 Å². The van der Waals surface area contributed by atoms with Gasteiger partial charge in [-0.05, 0) is 58.2 Å². The van der Waals surface area contributed by atoms with Crippen molar-refractivity contribution in [1.82, 2.24) is 0 Å². The fourth-order valence-electron chi connectivity index (χ4n) is 9.68. The SMILES string of the molecule is C=C1C[C@@]2(OC)C[C@@H](O[Si](C(C)C)(C(C)C)C(C)C)C[C@@H]3C(=O)[C@]2(C1=O)[C@H](C)C[C@@H]1[C@H]3C1(C)C. The minimum atomic E-state index is -2.18. The van der Waals surface area contributed by atoms with E-state index >= 15 is 0 Å². The zero-order chi connectivity index (χ0) is 25.6. The summed E-state index contributed by atoms with van der Waals surface area (Å²) in [6.07, 6.45) is 2.63. The number of methoxy groups -OCH3 is 1. The average molecular weight is 489 g/mol. The van der Waals surface area contributed by atoms with Gasteiger partial charge in [0.2, 0.25) is 8.32 Å². The molecule has 1 spiro atoms. The van der Waals surface area contributed by atoms with Crippen molar-refractivity contribution in [2.45, 2.75) is 116 Å². The van der Waals surface area contributed by atoms with Crippen LogP contribution in [0.1, 0.15) is 88.0 Å². The predicted molar refractivity (Wildman–Crippen MR) is 139 cm³/mol. The maximum absolute atomic E-state index is 14.6. The molecule has 0 saturated heterocycles. The van der Waals surface area contributed by atoms with Gasteiger partial charge in [-0.1, -0.05) is 68.9 Å². The molecule has 0 aromatic heterocycles. The largest absolute Gasteiger partial charge is 0.413 e. The van der Waals surface area contributed by atoms with E-state index in [0.29, 0.717) is 46.9 Å². The zero-order valence-corrected chi connectivity index (χ0v) is 24.3. The van der Waals surface area contributed by atoms with Crippen molar-refractivity contribution in [2.75, 3.05) is 7.11 Å². The number of ketones is 2. The quantitative estimate of drug-likeness (QED) is 0.236. The predicted octanol–water partition coefficient (Wildman–Crippen LogP) is 6.74. The molecule has 7 atom stereocenters. The molecule has 4 nitrogen and oxygen atoms in total. The summed E-state index contributed by atoms with van der Waals surface area (Å²) in [6, 6.07) is 0. The first kappa shape index (κ1) is 26.3. The molecule has 4 saturated carbocycles. The maximum atomic E-state index is 14.6. The normalized spacial score (nSPS) is 41.6. The monoisotopic (exact) mass is 488 g/mol. The average Bonchev–Trinajstić information content (AvgIpc) is 3.23. The Kier molecular flexibility index (Phi) is 6.27. The number of rotatable bonds is 6. The molecule has 0 aliphatic heterocycles. The molecule has 4 rings (SSSR count). The molecule has 0 radical (unpaired) electrons. The Hall–Kier alpha value is -0.783. The van der Waals surface area contributed by atoms with Gasteiger partial charge in [0.1, 0.15) is 5.41 Å². The summed E-state index contributed by atoms with van der Waals surface area (Å²) in [7, 11) is -0.470. The van der Waals surface area contributed by atoms with E-state index in [-0.39, 0.29) is 34.9 Å². The molecule has 192 valence electrons. The minimum Gasteiger partial charge on any atom is -0.413 e. The van der Waals surface area contributed by atoms with Gasteiger partial charge in [-0.2, -0.15) is 0 Å². The molecule has 0 aromatic rings. The molecular weight excluding hydrogens is 440 g/mol. The maximum Gasteiger partial charge on any atom is 0.200 e. The molecule has 0 unspecified atom stereocenters.